The molecule has 4 N–H and O–H groups in total. The van der Waals surface area contributed by atoms with Gasteiger partial charge in [0.2, 0.25) is 5.91 Å². The van der Waals surface area contributed by atoms with Crippen LogP contribution in [0.2, 0.25) is 0 Å². The van der Waals surface area contributed by atoms with Gasteiger partial charge in [0, 0.05) is 5.69 Å². The lowest BCUT2D eigenvalue weighted by Gasteiger charge is -2.09. The summed E-state index contributed by atoms with van der Waals surface area (Å²) >= 11 is 0. The van der Waals surface area contributed by atoms with Crippen LogP contribution in [0, 0.1) is 6.92 Å². The first-order chi connectivity index (χ1) is 7.41. The van der Waals surface area contributed by atoms with Crippen LogP contribution in [0.15, 0.2) is 18.2 Å². The Balaban J connectivity index is 2.90. The van der Waals surface area contributed by atoms with E-state index in [4.69, 9.17) is 10.8 Å². The second-order valence-corrected chi connectivity index (χ2v) is 3.61. The van der Waals surface area contributed by atoms with E-state index < -0.39 is 12.0 Å². The fourth-order valence-electron chi connectivity index (χ4n) is 1.24. The zero-order chi connectivity index (χ0) is 12.3. The fraction of sp³-hybridized carbons (Fsp3) is 0.273. The number of carboxylic acid groups (broad SMARTS) is 1. The van der Waals surface area contributed by atoms with E-state index in [9.17, 15) is 9.59 Å². The highest BCUT2D eigenvalue weighted by molar-refractivity contribution is 5.95. The van der Waals surface area contributed by atoms with E-state index in [0.29, 0.717) is 11.3 Å². The van der Waals surface area contributed by atoms with Crippen molar-refractivity contribution in [3.05, 3.63) is 29.3 Å². The molecule has 0 aromatic heterocycles. The molecule has 0 saturated carbocycles. The number of carboxylic acids is 1. The second kappa shape index (κ2) is 4.76. The molecule has 16 heavy (non-hydrogen) atoms. The Morgan fingerprint density at radius 1 is 1.44 bits per heavy atom. The summed E-state index contributed by atoms with van der Waals surface area (Å²) in [6.07, 6.45) is 0. The van der Waals surface area contributed by atoms with Gasteiger partial charge in [-0.25, -0.2) is 4.79 Å². The van der Waals surface area contributed by atoms with Crippen LogP contribution in [0.4, 0.5) is 5.69 Å². The van der Waals surface area contributed by atoms with Gasteiger partial charge in [0.1, 0.15) is 0 Å². The van der Waals surface area contributed by atoms with Gasteiger partial charge in [-0.15, -0.1) is 0 Å². The molecule has 5 heteroatoms. The predicted octanol–water partition coefficient (Wildman–Crippen LogP) is 0.979. The Morgan fingerprint density at radius 2 is 2.06 bits per heavy atom. The van der Waals surface area contributed by atoms with Gasteiger partial charge >= 0.3 is 5.97 Å². The van der Waals surface area contributed by atoms with E-state index in [1.165, 1.54) is 12.1 Å². The van der Waals surface area contributed by atoms with E-state index in [0.717, 1.165) is 0 Å². The van der Waals surface area contributed by atoms with Crippen LogP contribution in [-0.2, 0) is 4.79 Å². The smallest absolute Gasteiger partial charge is 0.335 e. The predicted molar refractivity (Wildman–Crippen MR) is 60.4 cm³/mol. The molecule has 0 fully saturated rings. The standard InChI is InChI=1S/C11H14N2O3/c1-6-5-8(13-10(14)7(2)12)3-4-9(6)11(15)16/h3-5,7H,12H2,1-2H3,(H,13,14)(H,15,16)/t7-/m1/s1. The summed E-state index contributed by atoms with van der Waals surface area (Å²) in [4.78, 5) is 22.0. The van der Waals surface area contributed by atoms with Crippen LogP contribution < -0.4 is 11.1 Å². The zero-order valence-corrected chi connectivity index (χ0v) is 9.15. The summed E-state index contributed by atoms with van der Waals surface area (Å²) in [5.74, 6) is -1.29. The lowest BCUT2D eigenvalue weighted by atomic mass is 10.1. The van der Waals surface area contributed by atoms with E-state index in [1.807, 2.05) is 0 Å². The number of aromatic carboxylic acids is 1. The van der Waals surface area contributed by atoms with Gasteiger partial charge in [0.25, 0.3) is 0 Å². The maximum Gasteiger partial charge on any atom is 0.335 e. The topological polar surface area (TPSA) is 92.4 Å². The van der Waals surface area contributed by atoms with Crippen molar-refractivity contribution in [2.45, 2.75) is 19.9 Å². The van der Waals surface area contributed by atoms with Crippen LogP contribution in [-0.4, -0.2) is 23.0 Å². The highest BCUT2D eigenvalue weighted by Crippen LogP contribution is 2.15. The van der Waals surface area contributed by atoms with Crippen molar-refractivity contribution >= 4 is 17.6 Å². The molecule has 1 aromatic rings. The van der Waals surface area contributed by atoms with E-state index in [2.05, 4.69) is 5.32 Å². The van der Waals surface area contributed by atoms with Crippen molar-refractivity contribution in [1.29, 1.82) is 0 Å². The third kappa shape index (κ3) is 2.80. The Morgan fingerprint density at radius 3 is 2.50 bits per heavy atom. The van der Waals surface area contributed by atoms with Gasteiger partial charge in [0.05, 0.1) is 11.6 Å². The Hall–Kier alpha value is -1.88. The Kier molecular flexibility index (Phi) is 3.63. The molecule has 0 aliphatic rings. The number of aryl methyl sites for hydroxylation is 1. The van der Waals surface area contributed by atoms with Gasteiger partial charge in [-0.2, -0.15) is 0 Å². The number of rotatable bonds is 3. The molecule has 0 aliphatic carbocycles. The first-order valence-electron chi connectivity index (χ1n) is 4.82. The molecule has 0 spiro atoms. The average molecular weight is 222 g/mol. The Labute approximate surface area is 93.3 Å². The molecular weight excluding hydrogens is 208 g/mol. The Bertz CT molecular complexity index is 427. The monoisotopic (exact) mass is 222 g/mol. The van der Waals surface area contributed by atoms with Gasteiger partial charge < -0.3 is 16.2 Å². The molecule has 0 heterocycles. The minimum atomic E-state index is -0.984. The summed E-state index contributed by atoms with van der Waals surface area (Å²) in [7, 11) is 0. The van der Waals surface area contributed by atoms with Crippen LogP contribution in [0.1, 0.15) is 22.8 Å². The molecule has 1 amide bonds. The SMILES string of the molecule is Cc1cc(NC(=O)[C@@H](C)N)ccc1C(=O)O. The number of carbonyl (C=O) groups is 2. The van der Waals surface area contributed by atoms with Crippen molar-refractivity contribution in [2.24, 2.45) is 5.73 Å². The minimum absolute atomic E-state index is 0.221. The number of benzene rings is 1. The van der Waals surface area contributed by atoms with Crippen LogP contribution in [0.5, 0.6) is 0 Å². The minimum Gasteiger partial charge on any atom is -0.478 e. The number of carbonyl (C=O) groups excluding carboxylic acids is 1. The first-order valence-corrected chi connectivity index (χ1v) is 4.82. The largest absolute Gasteiger partial charge is 0.478 e. The maximum absolute atomic E-state index is 11.3. The van der Waals surface area contributed by atoms with Crippen LogP contribution in [0.25, 0.3) is 0 Å². The molecule has 5 nitrogen and oxygen atoms in total. The quantitative estimate of drug-likeness (QED) is 0.710. The fourth-order valence-corrected chi connectivity index (χ4v) is 1.24. The number of nitrogens with two attached hydrogens (primary N) is 1. The molecular formula is C11H14N2O3. The molecule has 1 atom stereocenters. The summed E-state index contributed by atoms with van der Waals surface area (Å²) in [5.41, 5.74) is 6.75. The average Bonchev–Trinajstić information content (AvgIpc) is 2.16. The van der Waals surface area contributed by atoms with Gasteiger partial charge in [-0.1, -0.05) is 0 Å². The number of nitrogens with one attached hydrogen (secondary N) is 1. The van der Waals surface area contributed by atoms with Crippen molar-refractivity contribution < 1.29 is 14.7 Å². The van der Waals surface area contributed by atoms with Gasteiger partial charge in [-0.3, -0.25) is 4.79 Å². The van der Waals surface area contributed by atoms with E-state index in [-0.39, 0.29) is 11.5 Å². The molecule has 1 aromatic carbocycles. The number of hydrogen-bond acceptors (Lipinski definition) is 3. The molecule has 0 aliphatic heterocycles. The van der Waals surface area contributed by atoms with Gasteiger partial charge in [-0.05, 0) is 37.6 Å². The van der Waals surface area contributed by atoms with Gasteiger partial charge in [0.15, 0.2) is 0 Å². The van der Waals surface area contributed by atoms with Crippen molar-refractivity contribution in [3.8, 4) is 0 Å². The molecule has 0 unspecified atom stereocenters. The third-order valence-corrected chi connectivity index (χ3v) is 2.14. The molecule has 1 rings (SSSR count). The normalized spacial score (nSPS) is 11.9. The van der Waals surface area contributed by atoms with Crippen molar-refractivity contribution in [3.63, 3.8) is 0 Å². The number of anilines is 1. The highest BCUT2D eigenvalue weighted by atomic mass is 16.4. The molecule has 0 saturated heterocycles. The second-order valence-electron chi connectivity index (χ2n) is 3.61. The zero-order valence-electron chi connectivity index (χ0n) is 9.15. The summed E-state index contributed by atoms with van der Waals surface area (Å²) < 4.78 is 0. The molecule has 0 bridgehead atoms. The summed E-state index contributed by atoms with van der Waals surface area (Å²) in [6, 6.07) is 3.99. The van der Waals surface area contributed by atoms with Crippen molar-refractivity contribution in [1.82, 2.24) is 0 Å². The summed E-state index contributed by atoms with van der Waals surface area (Å²) in [5, 5.41) is 11.4. The summed E-state index contributed by atoms with van der Waals surface area (Å²) in [6.45, 7) is 3.25. The maximum atomic E-state index is 11.3. The number of hydrogen-bond donors (Lipinski definition) is 3. The first kappa shape index (κ1) is 12.2. The highest BCUT2D eigenvalue weighted by Gasteiger charge is 2.10. The van der Waals surface area contributed by atoms with E-state index in [1.54, 1.807) is 19.9 Å². The lowest BCUT2D eigenvalue weighted by Crippen LogP contribution is -2.32. The van der Waals surface area contributed by atoms with E-state index >= 15 is 0 Å². The molecule has 0 radical (unpaired) electrons. The third-order valence-electron chi connectivity index (χ3n) is 2.14. The van der Waals surface area contributed by atoms with Crippen LogP contribution >= 0.6 is 0 Å². The van der Waals surface area contributed by atoms with Crippen LogP contribution in [0.3, 0.4) is 0 Å². The molecule has 86 valence electrons. The van der Waals surface area contributed by atoms with Crippen molar-refractivity contribution in [2.75, 3.05) is 5.32 Å². The number of amides is 1. The lowest BCUT2D eigenvalue weighted by molar-refractivity contribution is -0.117.